The number of carbonyl (C=O) groups is 2. The van der Waals surface area contributed by atoms with Crippen molar-refractivity contribution >= 4 is 27.5 Å². The normalized spacial score (nSPS) is 20.7. The molecule has 1 N–H and O–H groups in total. The number of halogens is 1. The van der Waals surface area contributed by atoms with Crippen LogP contribution in [0.15, 0.2) is 59.0 Å². The van der Waals surface area contributed by atoms with Gasteiger partial charge in [0.15, 0.2) is 0 Å². The lowest BCUT2D eigenvalue weighted by Gasteiger charge is -2.26. The van der Waals surface area contributed by atoms with E-state index in [1.165, 1.54) is 58.8 Å². The van der Waals surface area contributed by atoms with Crippen molar-refractivity contribution in [2.24, 2.45) is 0 Å². The van der Waals surface area contributed by atoms with E-state index in [-0.39, 0.29) is 41.2 Å². The monoisotopic (exact) mass is 518 g/mol. The summed E-state index contributed by atoms with van der Waals surface area (Å²) in [6.07, 6.45) is 0.405. The topological polar surface area (TPSA) is 113 Å². The van der Waals surface area contributed by atoms with Gasteiger partial charge in [-0.3, -0.25) is 9.59 Å². The first-order valence-electron chi connectivity index (χ1n) is 11.5. The van der Waals surface area contributed by atoms with Gasteiger partial charge in [0.2, 0.25) is 10.0 Å². The first-order chi connectivity index (χ1) is 17.3. The minimum atomic E-state index is -3.76. The van der Waals surface area contributed by atoms with Crippen LogP contribution >= 0.6 is 0 Å². The molecule has 192 valence electrons. The highest BCUT2D eigenvalue weighted by Crippen LogP contribution is 2.40. The molecule has 2 fully saturated rings. The fraction of sp³-hybridized carbons (Fsp3) is 0.360. The molecule has 1 atom stereocenters. The van der Waals surface area contributed by atoms with Gasteiger partial charge in [-0.25, -0.2) is 12.8 Å². The first kappa shape index (κ1) is 26.0. The fourth-order valence-corrected chi connectivity index (χ4v) is 5.79. The lowest BCUT2D eigenvalue weighted by molar-refractivity contribution is -0.140. The number of aliphatic hydroxyl groups excluding tert-OH is 1. The number of morpholine rings is 1. The van der Waals surface area contributed by atoms with Crippen molar-refractivity contribution in [1.82, 2.24) is 9.21 Å². The quantitative estimate of drug-likeness (QED) is 0.247. The van der Waals surface area contributed by atoms with Crippen LogP contribution in [0, 0.1) is 5.82 Å². The Kier molecular flexibility index (Phi) is 7.84. The summed E-state index contributed by atoms with van der Waals surface area (Å²) in [5.74, 6) is -2.93. The van der Waals surface area contributed by atoms with Gasteiger partial charge in [0, 0.05) is 44.5 Å². The van der Waals surface area contributed by atoms with E-state index < -0.39 is 39.3 Å². The minimum Gasteiger partial charge on any atom is -0.507 e. The van der Waals surface area contributed by atoms with E-state index in [1.807, 2.05) is 0 Å². The molecule has 0 unspecified atom stereocenters. The van der Waals surface area contributed by atoms with Crippen molar-refractivity contribution in [2.75, 3.05) is 46.6 Å². The average molecular weight is 519 g/mol. The lowest BCUT2D eigenvalue weighted by Crippen LogP contribution is -2.40. The maximum Gasteiger partial charge on any atom is 0.295 e. The van der Waals surface area contributed by atoms with Crippen molar-refractivity contribution in [1.29, 1.82) is 0 Å². The van der Waals surface area contributed by atoms with Gasteiger partial charge in [-0.1, -0.05) is 18.2 Å². The Labute approximate surface area is 208 Å². The Morgan fingerprint density at radius 1 is 1.11 bits per heavy atom. The molecule has 2 heterocycles. The van der Waals surface area contributed by atoms with Crippen molar-refractivity contribution in [2.45, 2.75) is 17.4 Å². The number of rotatable bonds is 8. The molecule has 0 aliphatic carbocycles. The SMILES string of the molecule is COCCCN1C(=O)C(=O)C(=C(O)c2ccc(S(=O)(=O)N3CCOCC3)cc2)[C@@H]1c1ccccc1F. The highest BCUT2D eigenvalue weighted by atomic mass is 32.2. The Morgan fingerprint density at radius 2 is 1.78 bits per heavy atom. The van der Waals surface area contributed by atoms with Gasteiger partial charge in [-0.15, -0.1) is 0 Å². The molecule has 2 aliphatic rings. The molecule has 1 amide bonds. The van der Waals surface area contributed by atoms with Gasteiger partial charge in [-0.05, 0) is 36.8 Å². The largest absolute Gasteiger partial charge is 0.507 e. The van der Waals surface area contributed by atoms with Crippen LogP contribution in [0.2, 0.25) is 0 Å². The summed E-state index contributed by atoms with van der Waals surface area (Å²) in [6.45, 7) is 1.52. The zero-order valence-electron chi connectivity index (χ0n) is 19.7. The van der Waals surface area contributed by atoms with Crippen molar-refractivity contribution in [3.05, 3.63) is 71.0 Å². The second kappa shape index (κ2) is 10.9. The summed E-state index contributed by atoms with van der Waals surface area (Å²) in [7, 11) is -2.25. The van der Waals surface area contributed by atoms with E-state index in [9.17, 15) is 27.5 Å². The predicted molar refractivity (Wildman–Crippen MR) is 128 cm³/mol. The number of nitrogens with zero attached hydrogens (tertiary/aromatic N) is 2. The maximum atomic E-state index is 14.8. The number of sulfonamides is 1. The van der Waals surface area contributed by atoms with Crippen LogP contribution in [0.25, 0.3) is 5.76 Å². The second-order valence-electron chi connectivity index (χ2n) is 8.40. The van der Waals surface area contributed by atoms with E-state index >= 15 is 0 Å². The van der Waals surface area contributed by atoms with Crippen LogP contribution in [0.3, 0.4) is 0 Å². The molecule has 2 saturated heterocycles. The Balaban J connectivity index is 1.73. The van der Waals surface area contributed by atoms with Gasteiger partial charge >= 0.3 is 0 Å². The molecule has 0 spiro atoms. The number of carbonyl (C=O) groups excluding carboxylic acids is 2. The lowest BCUT2D eigenvalue weighted by atomic mass is 9.95. The summed E-state index contributed by atoms with van der Waals surface area (Å²) in [5, 5.41) is 11.1. The standard InChI is InChI=1S/C25H27FN2O7S/c1-34-14-4-11-28-22(19-5-2-3-6-20(19)26)21(24(30)25(28)31)23(29)17-7-9-18(10-8-17)36(32,33)27-12-15-35-16-13-27/h2-3,5-10,22,29H,4,11-16H2,1H3/t22-/m0/s1. The molecule has 0 aromatic heterocycles. The Hall–Kier alpha value is -3.12. The highest BCUT2D eigenvalue weighted by Gasteiger charge is 2.46. The molecule has 2 aromatic carbocycles. The molecule has 0 radical (unpaired) electrons. The van der Waals surface area contributed by atoms with E-state index in [0.29, 0.717) is 26.2 Å². The first-order valence-corrected chi connectivity index (χ1v) is 12.9. The molecule has 11 heteroatoms. The number of ketones is 1. The molecule has 36 heavy (non-hydrogen) atoms. The zero-order valence-corrected chi connectivity index (χ0v) is 20.5. The molecular weight excluding hydrogens is 491 g/mol. The Bertz CT molecular complexity index is 1270. The number of likely N-dealkylation sites (tertiary alicyclic amines) is 1. The van der Waals surface area contributed by atoms with Crippen molar-refractivity contribution in [3.63, 3.8) is 0 Å². The third-order valence-electron chi connectivity index (χ3n) is 6.22. The van der Waals surface area contributed by atoms with Crippen LogP contribution in [0.4, 0.5) is 4.39 Å². The number of hydrogen-bond donors (Lipinski definition) is 1. The van der Waals surface area contributed by atoms with Crippen molar-refractivity contribution in [3.8, 4) is 0 Å². The summed E-state index contributed by atoms with van der Waals surface area (Å²) >= 11 is 0. The number of ether oxygens (including phenoxy) is 2. The summed E-state index contributed by atoms with van der Waals surface area (Å²) in [6, 6.07) is 9.98. The van der Waals surface area contributed by atoms with Crippen LogP contribution < -0.4 is 0 Å². The number of methoxy groups -OCH3 is 1. The van der Waals surface area contributed by atoms with Gasteiger partial charge < -0.3 is 19.5 Å². The fourth-order valence-electron chi connectivity index (χ4n) is 4.39. The molecule has 0 bridgehead atoms. The van der Waals surface area contributed by atoms with Crippen LogP contribution in [-0.4, -0.2) is 81.0 Å². The van der Waals surface area contributed by atoms with E-state index in [1.54, 1.807) is 6.07 Å². The van der Waals surface area contributed by atoms with Gasteiger partial charge in [-0.2, -0.15) is 4.31 Å². The summed E-state index contributed by atoms with van der Waals surface area (Å²) in [4.78, 5) is 27.1. The molecule has 9 nitrogen and oxygen atoms in total. The van der Waals surface area contributed by atoms with Gasteiger partial charge in [0.25, 0.3) is 11.7 Å². The number of amides is 1. The van der Waals surface area contributed by atoms with Crippen LogP contribution in [-0.2, 0) is 29.1 Å². The van der Waals surface area contributed by atoms with E-state index in [2.05, 4.69) is 0 Å². The number of hydrogen-bond acceptors (Lipinski definition) is 7. The highest BCUT2D eigenvalue weighted by molar-refractivity contribution is 7.89. The zero-order chi connectivity index (χ0) is 25.9. The van der Waals surface area contributed by atoms with Gasteiger partial charge in [0.1, 0.15) is 11.6 Å². The minimum absolute atomic E-state index is 0.0200. The average Bonchev–Trinajstić information content (AvgIpc) is 3.14. The maximum absolute atomic E-state index is 14.8. The molecule has 0 saturated carbocycles. The second-order valence-corrected chi connectivity index (χ2v) is 10.3. The number of aliphatic hydroxyl groups is 1. The van der Waals surface area contributed by atoms with E-state index in [0.717, 1.165) is 0 Å². The smallest absolute Gasteiger partial charge is 0.295 e. The molecule has 2 aliphatic heterocycles. The molecular formula is C25H27FN2O7S. The number of benzene rings is 2. The third kappa shape index (κ3) is 4.92. The predicted octanol–water partition coefficient (Wildman–Crippen LogP) is 2.30. The third-order valence-corrected chi connectivity index (χ3v) is 8.14. The van der Waals surface area contributed by atoms with Crippen LogP contribution in [0.5, 0.6) is 0 Å². The number of Topliss-reactive ketones (excluding diaryl/α,β-unsaturated/α-hetero) is 1. The summed E-state index contributed by atoms with van der Waals surface area (Å²) < 4.78 is 52.2. The van der Waals surface area contributed by atoms with Crippen molar-refractivity contribution < 1.29 is 37.0 Å². The Morgan fingerprint density at radius 3 is 2.42 bits per heavy atom. The van der Waals surface area contributed by atoms with Gasteiger partial charge in [0.05, 0.1) is 29.7 Å². The molecule has 4 rings (SSSR count). The van der Waals surface area contributed by atoms with E-state index in [4.69, 9.17) is 9.47 Å². The van der Waals surface area contributed by atoms with Crippen LogP contribution in [0.1, 0.15) is 23.6 Å². The molecule has 2 aromatic rings. The summed E-state index contributed by atoms with van der Waals surface area (Å²) in [5.41, 5.74) is -0.0550.